The minimum atomic E-state index is -0.561. The van der Waals surface area contributed by atoms with Crippen molar-refractivity contribution in [1.82, 2.24) is 0 Å². The summed E-state index contributed by atoms with van der Waals surface area (Å²) < 4.78 is 46.0. The SMILES string of the molecule is CCCCCCCOCCCCCCCOCCCCCCCCCCOC(CCCCCC)(CCCCCC)OC(CCCCCC)(CCCCCC)OCCCCCCCCCCOCCCCCCCOCCCCCCC. The molecule has 0 aliphatic rings. The van der Waals surface area contributed by atoms with Gasteiger partial charge in [-0.25, -0.2) is 0 Å². The van der Waals surface area contributed by atoms with Crippen LogP contribution in [0.3, 0.4) is 0 Å². The number of hydrogen-bond acceptors (Lipinski definition) is 7. The highest BCUT2D eigenvalue weighted by Crippen LogP contribution is 2.40. The highest BCUT2D eigenvalue weighted by atomic mass is 16.8. The summed E-state index contributed by atoms with van der Waals surface area (Å²) in [7, 11) is 0. The van der Waals surface area contributed by atoms with Crippen LogP contribution in [0.15, 0.2) is 0 Å². The molecule has 0 amide bonds. The first-order valence-corrected chi connectivity index (χ1v) is 37.4. The maximum absolute atomic E-state index is 7.78. The molecule has 0 radical (unpaired) electrons. The molecule has 0 saturated carbocycles. The Kier molecular flexibility index (Phi) is 68.6. The molecule has 0 fully saturated rings. The second kappa shape index (κ2) is 68.8. The fourth-order valence-corrected chi connectivity index (χ4v) is 11.6. The summed E-state index contributed by atoms with van der Waals surface area (Å²) >= 11 is 0. The van der Waals surface area contributed by atoms with Crippen LogP contribution in [0, 0.1) is 0 Å². The van der Waals surface area contributed by atoms with Crippen LogP contribution in [-0.2, 0) is 33.2 Å². The molecule has 488 valence electrons. The van der Waals surface area contributed by atoms with Gasteiger partial charge in [0, 0.05) is 78.5 Å². The van der Waals surface area contributed by atoms with Crippen LogP contribution in [0.25, 0.3) is 0 Å². The topological polar surface area (TPSA) is 64.6 Å². The van der Waals surface area contributed by atoms with Gasteiger partial charge in [-0.2, -0.15) is 0 Å². The molecule has 7 heteroatoms. The van der Waals surface area contributed by atoms with Crippen molar-refractivity contribution in [3.63, 3.8) is 0 Å². The molecule has 0 bridgehead atoms. The molecule has 0 aromatic rings. The van der Waals surface area contributed by atoms with E-state index in [9.17, 15) is 0 Å². The fourth-order valence-electron chi connectivity index (χ4n) is 11.6. The molecular weight excluding hydrogens is 1000 g/mol. The molecule has 0 unspecified atom stereocenters. The van der Waals surface area contributed by atoms with Crippen molar-refractivity contribution in [3.05, 3.63) is 0 Å². The van der Waals surface area contributed by atoms with Crippen molar-refractivity contribution < 1.29 is 33.2 Å². The van der Waals surface area contributed by atoms with E-state index in [0.29, 0.717) is 0 Å². The van der Waals surface area contributed by atoms with E-state index in [-0.39, 0.29) is 0 Å². The summed E-state index contributed by atoms with van der Waals surface area (Å²) in [5.41, 5.74) is 0. The number of ether oxygens (including phenoxy) is 7. The van der Waals surface area contributed by atoms with E-state index in [1.807, 2.05) is 0 Å². The lowest BCUT2D eigenvalue weighted by molar-refractivity contribution is -0.369. The molecular formula is C74H150O7. The number of hydrogen-bond donors (Lipinski definition) is 0. The van der Waals surface area contributed by atoms with E-state index in [0.717, 1.165) is 105 Å². The zero-order valence-electron chi connectivity index (χ0n) is 56.5. The third kappa shape index (κ3) is 59.8. The lowest BCUT2D eigenvalue weighted by Crippen LogP contribution is -2.49. The van der Waals surface area contributed by atoms with Crippen molar-refractivity contribution >= 4 is 0 Å². The lowest BCUT2D eigenvalue weighted by Gasteiger charge is -2.44. The normalized spacial score (nSPS) is 12.2. The van der Waals surface area contributed by atoms with Crippen LogP contribution in [0.1, 0.15) is 401 Å². The molecule has 0 aliphatic carbocycles. The summed E-state index contributed by atoms with van der Waals surface area (Å²) in [5.74, 6) is -1.12. The largest absolute Gasteiger partial charge is 0.381 e. The van der Waals surface area contributed by atoms with Gasteiger partial charge >= 0.3 is 0 Å². The summed E-state index contributed by atoms with van der Waals surface area (Å²) in [6, 6.07) is 0. The molecule has 0 N–H and O–H groups in total. The zero-order valence-corrected chi connectivity index (χ0v) is 56.5. The van der Waals surface area contributed by atoms with E-state index in [1.165, 1.54) is 321 Å². The molecule has 0 aromatic heterocycles. The van der Waals surface area contributed by atoms with E-state index in [4.69, 9.17) is 33.2 Å². The predicted octanol–water partition coefficient (Wildman–Crippen LogP) is 24.5. The Morgan fingerprint density at radius 1 is 0.160 bits per heavy atom. The maximum atomic E-state index is 7.78. The van der Waals surface area contributed by atoms with Crippen molar-refractivity contribution in [2.75, 3.05) is 66.1 Å². The summed E-state index contributed by atoms with van der Waals surface area (Å²) in [4.78, 5) is 0. The number of unbranched alkanes of at least 4 members (excludes halogenated alkanes) is 42. The second-order valence-corrected chi connectivity index (χ2v) is 25.3. The van der Waals surface area contributed by atoms with Gasteiger partial charge in [-0.1, -0.05) is 286 Å². The molecule has 81 heavy (non-hydrogen) atoms. The van der Waals surface area contributed by atoms with E-state index in [2.05, 4.69) is 41.5 Å². The summed E-state index contributed by atoms with van der Waals surface area (Å²) in [6.07, 6.45) is 70.1. The van der Waals surface area contributed by atoms with Gasteiger partial charge in [-0.3, -0.25) is 0 Å². The first kappa shape index (κ1) is 80.7. The van der Waals surface area contributed by atoms with Crippen LogP contribution in [0.4, 0.5) is 0 Å². The van der Waals surface area contributed by atoms with Gasteiger partial charge in [-0.15, -0.1) is 0 Å². The zero-order chi connectivity index (χ0) is 58.6. The molecule has 7 nitrogen and oxygen atoms in total. The highest BCUT2D eigenvalue weighted by Gasteiger charge is 2.43. The molecule has 0 aromatic carbocycles. The third-order valence-electron chi connectivity index (χ3n) is 17.1. The van der Waals surface area contributed by atoms with Crippen molar-refractivity contribution in [2.24, 2.45) is 0 Å². The standard InChI is InChI=1S/C74H150O7/c1-7-13-19-35-49-63-75-67-53-39-33-41-55-69-77-65-51-37-29-25-27-31-43-57-71-79-73(59-45-21-15-9-3,60-46-22-16-10-4)81-74(61-47-23-17-11-5,62-48-24-18-12-6)80-72-58-44-32-28-26-30-38-52-66-78-70-56-42-34-40-54-68-76-64-50-36-20-14-8-2/h7-72H2,1-6H3. The average molecular weight is 1150 g/mol. The van der Waals surface area contributed by atoms with Gasteiger partial charge < -0.3 is 33.2 Å². The van der Waals surface area contributed by atoms with Gasteiger partial charge in [-0.05, 0) is 89.9 Å². The van der Waals surface area contributed by atoms with E-state index >= 15 is 0 Å². The smallest absolute Gasteiger partial charge is 0.171 e. The third-order valence-corrected chi connectivity index (χ3v) is 17.1. The quantitative estimate of drug-likeness (QED) is 0.0444. The van der Waals surface area contributed by atoms with Crippen LogP contribution in [0.2, 0.25) is 0 Å². The average Bonchev–Trinajstić information content (AvgIpc) is 3.47. The van der Waals surface area contributed by atoms with Crippen LogP contribution >= 0.6 is 0 Å². The summed E-state index contributed by atoms with van der Waals surface area (Å²) in [6.45, 7) is 23.0. The highest BCUT2D eigenvalue weighted by molar-refractivity contribution is 4.81. The Morgan fingerprint density at radius 3 is 0.494 bits per heavy atom. The first-order chi connectivity index (χ1) is 40.1. The van der Waals surface area contributed by atoms with Crippen LogP contribution in [-0.4, -0.2) is 77.6 Å². The van der Waals surface area contributed by atoms with E-state index < -0.39 is 11.6 Å². The van der Waals surface area contributed by atoms with Crippen molar-refractivity contribution in [3.8, 4) is 0 Å². The molecule has 0 atom stereocenters. The van der Waals surface area contributed by atoms with Gasteiger partial charge in [0.15, 0.2) is 11.6 Å². The van der Waals surface area contributed by atoms with Gasteiger partial charge in [0.05, 0.1) is 13.2 Å². The second-order valence-electron chi connectivity index (χ2n) is 25.3. The van der Waals surface area contributed by atoms with Crippen molar-refractivity contribution in [1.29, 1.82) is 0 Å². The molecule has 0 heterocycles. The Bertz CT molecular complexity index is 1010. The monoisotopic (exact) mass is 1150 g/mol. The Hall–Kier alpha value is -0.280. The Labute approximate surface area is 509 Å². The van der Waals surface area contributed by atoms with Crippen molar-refractivity contribution in [2.45, 2.75) is 413 Å². The van der Waals surface area contributed by atoms with E-state index in [1.54, 1.807) is 0 Å². The molecule has 0 aliphatic heterocycles. The van der Waals surface area contributed by atoms with Crippen LogP contribution in [0.5, 0.6) is 0 Å². The lowest BCUT2D eigenvalue weighted by atomic mass is 9.95. The van der Waals surface area contributed by atoms with Crippen LogP contribution < -0.4 is 0 Å². The minimum Gasteiger partial charge on any atom is -0.381 e. The molecule has 0 saturated heterocycles. The fraction of sp³-hybridized carbons (Fsp3) is 1.00. The maximum Gasteiger partial charge on any atom is 0.171 e. The minimum absolute atomic E-state index is 0.561. The van der Waals surface area contributed by atoms with Gasteiger partial charge in [0.2, 0.25) is 0 Å². The summed E-state index contributed by atoms with van der Waals surface area (Å²) in [5, 5.41) is 0. The number of rotatable bonds is 74. The predicted molar refractivity (Wildman–Crippen MR) is 354 cm³/mol. The Balaban J connectivity index is 4.96. The molecule has 0 spiro atoms. The van der Waals surface area contributed by atoms with Gasteiger partial charge in [0.25, 0.3) is 0 Å². The van der Waals surface area contributed by atoms with Gasteiger partial charge in [0.1, 0.15) is 0 Å². The Morgan fingerprint density at radius 2 is 0.309 bits per heavy atom. The molecule has 0 rings (SSSR count). The first-order valence-electron chi connectivity index (χ1n) is 37.4.